The Labute approximate surface area is 104 Å². The number of rotatable bonds is 5. The monoisotopic (exact) mass is 252 g/mol. The van der Waals surface area contributed by atoms with Gasteiger partial charge in [-0.25, -0.2) is 4.98 Å². The van der Waals surface area contributed by atoms with E-state index in [2.05, 4.69) is 38.8 Å². The maximum Gasteiger partial charge on any atom is 0.213 e. The van der Waals surface area contributed by atoms with Crippen LogP contribution >= 0.6 is 11.3 Å². The van der Waals surface area contributed by atoms with Gasteiger partial charge in [0.1, 0.15) is 0 Å². The predicted molar refractivity (Wildman–Crippen MR) is 66.0 cm³/mol. The van der Waals surface area contributed by atoms with Crippen LogP contribution in [0.15, 0.2) is 10.9 Å². The normalized spacial score (nSPS) is 12.9. The third-order valence-electron chi connectivity index (χ3n) is 2.56. The molecular weight excluding hydrogens is 236 g/mol. The fourth-order valence-electron chi connectivity index (χ4n) is 1.75. The number of hydrogen-bond donors (Lipinski definition) is 1. The van der Waals surface area contributed by atoms with Crippen molar-refractivity contribution < 1.29 is 4.52 Å². The van der Waals surface area contributed by atoms with E-state index in [1.807, 2.05) is 6.92 Å². The van der Waals surface area contributed by atoms with Crippen LogP contribution in [0.1, 0.15) is 34.4 Å². The average Bonchev–Trinajstić information content (AvgIpc) is 2.88. The molecule has 0 fully saturated rings. The Hall–Kier alpha value is -1.27. The zero-order valence-electron chi connectivity index (χ0n) is 10.2. The van der Waals surface area contributed by atoms with Gasteiger partial charge in [-0.1, -0.05) is 5.16 Å². The first kappa shape index (κ1) is 12.2. The van der Waals surface area contributed by atoms with Gasteiger partial charge < -0.3 is 9.84 Å². The maximum atomic E-state index is 4.68. The van der Waals surface area contributed by atoms with Gasteiger partial charge >= 0.3 is 0 Å². The summed E-state index contributed by atoms with van der Waals surface area (Å²) in [7, 11) is 0. The van der Waals surface area contributed by atoms with Crippen molar-refractivity contribution in [3.63, 3.8) is 0 Å². The average molecular weight is 252 g/mol. The lowest BCUT2D eigenvalue weighted by atomic mass is 10.2. The molecule has 5 nitrogen and oxygen atoms in total. The van der Waals surface area contributed by atoms with E-state index in [0.717, 1.165) is 29.5 Å². The Bertz CT molecular complexity index is 466. The molecule has 1 N–H and O–H groups in total. The highest BCUT2D eigenvalue weighted by Gasteiger charge is 2.12. The molecular formula is C11H16N4OS. The highest BCUT2D eigenvalue weighted by Crippen LogP contribution is 2.22. The van der Waals surface area contributed by atoms with Crippen molar-refractivity contribution in [2.75, 3.05) is 6.54 Å². The summed E-state index contributed by atoms with van der Waals surface area (Å²) in [6.45, 7) is 7.08. The molecule has 92 valence electrons. The molecule has 1 unspecified atom stereocenters. The van der Waals surface area contributed by atoms with Crippen molar-refractivity contribution in [2.24, 2.45) is 0 Å². The highest BCUT2D eigenvalue weighted by molar-refractivity contribution is 7.11. The van der Waals surface area contributed by atoms with Crippen LogP contribution in [0.25, 0.3) is 0 Å². The molecule has 1 atom stereocenters. The summed E-state index contributed by atoms with van der Waals surface area (Å²) in [5.41, 5.74) is 1.14. The molecule has 0 aromatic carbocycles. The first-order valence-electron chi connectivity index (χ1n) is 5.59. The second-order valence-electron chi connectivity index (χ2n) is 3.95. The smallest absolute Gasteiger partial charge is 0.213 e. The molecule has 0 saturated carbocycles. The summed E-state index contributed by atoms with van der Waals surface area (Å²) in [6.07, 6.45) is 2.12. The molecule has 0 saturated heterocycles. The summed E-state index contributed by atoms with van der Waals surface area (Å²) in [5.74, 6) is 0.732. The number of hydrogen-bond acceptors (Lipinski definition) is 6. The van der Waals surface area contributed by atoms with Gasteiger partial charge in [-0.05, 0) is 20.8 Å². The Morgan fingerprint density at radius 1 is 1.47 bits per heavy atom. The molecule has 0 radical (unpaired) electrons. The third-order valence-corrected chi connectivity index (χ3v) is 3.46. The molecule has 0 aliphatic carbocycles. The number of aryl methyl sites for hydroxylation is 2. The fourth-order valence-corrected chi connectivity index (χ4v) is 2.66. The Morgan fingerprint density at radius 2 is 2.29 bits per heavy atom. The van der Waals surface area contributed by atoms with Gasteiger partial charge in [0.25, 0.3) is 0 Å². The highest BCUT2D eigenvalue weighted by atomic mass is 32.1. The van der Waals surface area contributed by atoms with E-state index in [-0.39, 0.29) is 6.04 Å². The van der Waals surface area contributed by atoms with Crippen LogP contribution in [-0.4, -0.2) is 21.7 Å². The predicted octanol–water partition coefficient (Wildman–Crippen LogP) is 2.04. The summed E-state index contributed by atoms with van der Waals surface area (Å²) in [6, 6.07) is 0.256. The van der Waals surface area contributed by atoms with Crippen molar-refractivity contribution in [1.29, 1.82) is 0 Å². The Kier molecular flexibility index (Phi) is 3.86. The van der Waals surface area contributed by atoms with Crippen molar-refractivity contribution in [2.45, 2.75) is 33.2 Å². The molecule has 0 amide bonds. The van der Waals surface area contributed by atoms with Crippen LogP contribution in [0.5, 0.6) is 0 Å². The molecule has 2 heterocycles. The third kappa shape index (κ3) is 3.10. The second-order valence-corrected chi connectivity index (χ2v) is 5.35. The number of nitrogens with zero attached hydrogens (tertiary/aromatic N) is 3. The van der Waals surface area contributed by atoms with Crippen LogP contribution in [0.3, 0.4) is 0 Å². The molecule has 0 bridgehead atoms. The SMILES string of the molecule is Cc1nc(C(C)NCCc2ncon2)c(C)s1. The van der Waals surface area contributed by atoms with Gasteiger partial charge in [0.2, 0.25) is 6.39 Å². The topological polar surface area (TPSA) is 63.8 Å². The van der Waals surface area contributed by atoms with Crippen LogP contribution in [0, 0.1) is 13.8 Å². The van der Waals surface area contributed by atoms with E-state index in [4.69, 9.17) is 0 Å². The Balaban J connectivity index is 1.85. The summed E-state index contributed by atoms with van der Waals surface area (Å²) in [5, 5.41) is 8.30. The summed E-state index contributed by atoms with van der Waals surface area (Å²) >= 11 is 1.74. The minimum atomic E-state index is 0.256. The quantitative estimate of drug-likeness (QED) is 0.882. The van der Waals surface area contributed by atoms with Crippen molar-refractivity contribution in [3.8, 4) is 0 Å². The van der Waals surface area contributed by atoms with Crippen LogP contribution in [0.2, 0.25) is 0 Å². The number of nitrogens with one attached hydrogen (secondary N) is 1. The van der Waals surface area contributed by atoms with Crippen molar-refractivity contribution >= 4 is 11.3 Å². The molecule has 17 heavy (non-hydrogen) atoms. The molecule has 2 aromatic rings. The van der Waals surface area contributed by atoms with Crippen LogP contribution in [-0.2, 0) is 6.42 Å². The fraction of sp³-hybridized carbons (Fsp3) is 0.545. The first-order chi connectivity index (χ1) is 8.16. The van der Waals surface area contributed by atoms with Gasteiger partial charge in [-0.2, -0.15) is 4.98 Å². The van der Waals surface area contributed by atoms with E-state index >= 15 is 0 Å². The lowest BCUT2D eigenvalue weighted by Gasteiger charge is -2.11. The number of aromatic nitrogens is 3. The molecule has 6 heteroatoms. The minimum absolute atomic E-state index is 0.256. The zero-order valence-corrected chi connectivity index (χ0v) is 11.0. The summed E-state index contributed by atoms with van der Waals surface area (Å²) in [4.78, 5) is 9.79. The maximum absolute atomic E-state index is 4.68. The van der Waals surface area contributed by atoms with Gasteiger partial charge in [0.05, 0.1) is 10.7 Å². The van der Waals surface area contributed by atoms with Crippen LogP contribution in [0.4, 0.5) is 0 Å². The van der Waals surface area contributed by atoms with E-state index in [1.54, 1.807) is 11.3 Å². The Morgan fingerprint density at radius 3 is 2.88 bits per heavy atom. The number of thiazole rings is 1. The van der Waals surface area contributed by atoms with Crippen molar-refractivity contribution in [3.05, 3.63) is 27.8 Å². The van der Waals surface area contributed by atoms with Gasteiger partial charge in [-0.15, -0.1) is 11.3 Å². The lowest BCUT2D eigenvalue weighted by Crippen LogP contribution is -2.22. The van der Waals surface area contributed by atoms with Crippen molar-refractivity contribution in [1.82, 2.24) is 20.4 Å². The van der Waals surface area contributed by atoms with E-state index in [1.165, 1.54) is 11.3 Å². The van der Waals surface area contributed by atoms with Gasteiger partial charge in [0.15, 0.2) is 5.82 Å². The molecule has 2 aromatic heterocycles. The van der Waals surface area contributed by atoms with Gasteiger partial charge in [-0.3, -0.25) is 0 Å². The first-order valence-corrected chi connectivity index (χ1v) is 6.41. The minimum Gasteiger partial charge on any atom is -0.343 e. The molecule has 0 aliphatic heterocycles. The van der Waals surface area contributed by atoms with E-state index in [0.29, 0.717) is 0 Å². The molecule has 0 spiro atoms. The van der Waals surface area contributed by atoms with E-state index < -0.39 is 0 Å². The standard InChI is InChI=1S/C11H16N4OS/c1-7(11-8(2)17-9(3)14-11)12-5-4-10-13-6-16-15-10/h6-7,12H,4-5H2,1-3H3. The summed E-state index contributed by atoms with van der Waals surface area (Å²) < 4.78 is 4.68. The van der Waals surface area contributed by atoms with Gasteiger partial charge in [0, 0.05) is 23.9 Å². The molecule has 0 aliphatic rings. The largest absolute Gasteiger partial charge is 0.343 e. The molecule has 2 rings (SSSR count). The van der Waals surface area contributed by atoms with Crippen LogP contribution < -0.4 is 5.32 Å². The second kappa shape index (κ2) is 5.37. The zero-order chi connectivity index (χ0) is 12.3. The lowest BCUT2D eigenvalue weighted by molar-refractivity contribution is 0.408. The van der Waals surface area contributed by atoms with E-state index in [9.17, 15) is 0 Å².